The number of ether oxygens (including phenoxy) is 1. The van der Waals surface area contributed by atoms with E-state index in [0.717, 1.165) is 11.1 Å². The van der Waals surface area contributed by atoms with Crippen LogP contribution in [0.15, 0.2) is 24.3 Å². The predicted octanol–water partition coefficient (Wildman–Crippen LogP) is 2.01. The first kappa shape index (κ1) is 17.5. The van der Waals surface area contributed by atoms with Gasteiger partial charge < -0.3 is 14.5 Å². The van der Waals surface area contributed by atoms with Crippen molar-refractivity contribution in [3.63, 3.8) is 0 Å². The quantitative estimate of drug-likeness (QED) is 0.834. The summed E-state index contributed by atoms with van der Waals surface area (Å²) in [5, 5.41) is 0. The second kappa shape index (κ2) is 7.59. The molecule has 2 amide bonds. The first-order chi connectivity index (χ1) is 11.0. The molecule has 0 N–H and O–H groups in total. The SMILES string of the molecule is COCCN1C(=O)CC[C@@H](C(=O)N(C)C)[C@@H]1c1ccccc1C. The first-order valence-corrected chi connectivity index (χ1v) is 8.02. The number of piperidine rings is 1. The van der Waals surface area contributed by atoms with Gasteiger partial charge in [0.1, 0.15) is 0 Å². The van der Waals surface area contributed by atoms with E-state index in [4.69, 9.17) is 4.74 Å². The van der Waals surface area contributed by atoms with Crippen molar-refractivity contribution in [1.29, 1.82) is 0 Å². The van der Waals surface area contributed by atoms with Crippen molar-refractivity contribution in [3.8, 4) is 0 Å². The molecule has 1 heterocycles. The minimum Gasteiger partial charge on any atom is -0.383 e. The number of hydrogen-bond acceptors (Lipinski definition) is 3. The smallest absolute Gasteiger partial charge is 0.227 e. The van der Waals surface area contributed by atoms with Crippen molar-refractivity contribution in [1.82, 2.24) is 9.80 Å². The lowest BCUT2D eigenvalue weighted by Crippen LogP contribution is -2.49. The Bertz CT molecular complexity index is 571. The van der Waals surface area contributed by atoms with E-state index >= 15 is 0 Å². The Kier molecular flexibility index (Phi) is 5.77. The fourth-order valence-electron chi connectivity index (χ4n) is 3.30. The molecule has 0 bridgehead atoms. The Labute approximate surface area is 138 Å². The number of likely N-dealkylation sites (tertiary alicyclic amines) is 1. The largest absolute Gasteiger partial charge is 0.383 e. The van der Waals surface area contributed by atoms with Gasteiger partial charge in [-0.05, 0) is 24.5 Å². The van der Waals surface area contributed by atoms with Gasteiger partial charge in [0.2, 0.25) is 11.8 Å². The van der Waals surface area contributed by atoms with Gasteiger partial charge in [-0.15, -0.1) is 0 Å². The molecule has 0 saturated carbocycles. The summed E-state index contributed by atoms with van der Waals surface area (Å²) in [5.41, 5.74) is 2.16. The lowest BCUT2D eigenvalue weighted by molar-refractivity contribution is -0.147. The molecule has 1 fully saturated rings. The fraction of sp³-hybridized carbons (Fsp3) is 0.556. The molecule has 0 aliphatic carbocycles. The van der Waals surface area contributed by atoms with Crippen LogP contribution in [0.2, 0.25) is 0 Å². The molecule has 1 aromatic carbocycles. The molecule has 2 rings (SSSR count). The molecule has 1 aliphatic rings. The zero-order valence-electron chi connectivity index (χ0n) is 14.4. The van der Waals surface area contributed by atoms with Crippen LogP contribution in [0, 0.1) is 12.8 Å². The van der Waals surface area contributed by atoms with Gasteiger partial charge >= 0.3 is 0 Å². The number of amides is 2. The predicted molar refractivity (Wildman–Crippen MR) is 88.9 cm³/mol. The molecule has 1 saturated heterocycles. The van der Waals surface area contributed by atoms with Gasteiger partial charge in [-0.25, -0.2) is 0 Å². The van der Waals surface area contributed by atoms with Crippen molar-refractivity contribution >= 4 is 11.8 Å². The van der Waals surface area contributed by atoms with Crippen LogP contribution in [0.1, 0.15) is 30.0 Å². The third-order valence-corrected chi connectivity index (χ3v) is 4.51. The summed E-state index contributed by atoms with van der Waals surface area (Å²) in [6, 6.07) is 7.77. The van der Waals surface area contributed by atoms with Crippen LogP contribution in [0.4, 0.5) is 0 Å². The molecular weight excluding hydrogens is 292 g/mol. The zero-order valence-corrected chi connectivity index (χ0v) is 14.4. The maximum Gasteiger partial charge on any atom is 0.227 e. The number of carbonyl (C=O) groups excluding carboxylic acids is 2. The molecule has 23 heavy (non-hydrogen) atoms. The highest BCUT2D eigenvalue weighted by atomic mass is 16.5. The maximum atomic E-state index is 12.7. The highest BCUT2D eigenvalue weighted by molar-refractivity contribution is 5.85. The summed E-state index contributed by atoms with van der Waals surface area (Å²) in [6.07, 6.45) is 1.01. The number of hydrogen-bond donors (Lipinski definition) is 0. The molecule has 0 unspecified atom stereocenters. The van der Waals surface area contributed by atoms with Gasteiger partial charge in [-0.2, -0.15) is 0 Å². The number of aryl methyl sites for hydroxylation is 1. The number of methoxy groups -OCH3 is 1. The van der Waals surface area contributed by atoms with Crippen LogP contribution in [0.3, 0.4) is 0 Å². The lowest BCUT2D eigenvalue weighted by atomic mass is 9.82. The van der Waals surface area contributed by atoms with Gasteiger partial charge in [-0.3, -0.25) is 9.59 Å². The van der Waals surface area contributed by atoms with E-state index in [2.05, 4.69) is 0 Å². The van der Waals surface area contributed by atoms with Crippen LogP contribution in [0.5, 0.6) is 0 Å². The van der Waals surface area contributed by atoms with E-state index in [1.54, 1.807) is 26.1 Å². The highest BCUT2D eigenvalue weighted by Crippen LogP contribution is 2.38. The highest BCUT2D eigenvalue weighted by Gasteiger charge is 2.41. The van der Waals surface area contributed by atoms with Crippen molar-refractivity contribution in [2.75, 3.05) is 34.4 Å². The molecule has 0 radical (unpaired) electrons. The lowest BCUT2D eigenvalue weighted by Gasteiger charge is -2.42. The summed E-state index contributed by atoms with van der Waals surface area (Å²) >= 11 is 0. The third kappa shape index (κ3) is 3.72. The number of carbonyl (C=O) groups is 2. The van der Waals surface area contributed by atoms with Gasteiger partial charge in [-0.1, -0.05) is 24.3 Å². The Hall–Kier alpha value is -1.88. The molecule has 2 atom stereocenters. The van der Waals surface area contributed by atoms with Crippen LogP contribution in [0.25, 0.3) is 0 Å². The van der Waals surface area contributed by atoms with Crippen molar-refractivity contribution < 1.29 is 14.3 Å². The summed E-state index contributed by atoms with van der Waals surface area (Å²) in [4.78, 5) is 28.6. The van der Waals surface area contributed by atoms with E-state index in [1.807, 2.05) is 36.1 Å². The van der Waals surface area contributed by atoms with Crippen LogP contribution in [-0.2, 0) is 14.3 Å². The first-order valence-electron chi connectivity index (χ1n) is 8.02. The van der Waals surface area contributed by atoms with E-state index in [0.29, 0.717) is 26.0 Å². The second-order valence-corrected chi connectivity index (χ2v) is 6.26. The Morgan fingerprint density at radius 2 is 2.04 bits per heavy atom. The average molecular weight is 318 g/mol. The monoisotopic (exact) mass is 318 g/mol. The zero-order chi connectivity index (χ0) is 17.0. The maximum absolute atomic E-state index is 12.7. The average Bonchev–Trinajstić information content (AvgIpc) is 2.53. The summed E-state index contributed by atoms with van der Waals surface area (Å²) in [5.74, 6) is -0.0352. The van der Waals surface area contributed by atoms with E-state index < -0.39 is 0 Å². The molecule has 5 nitrogen and oxygen atoms in total. The number of nitrogens with zero attached hydrogens (tertiary/aromatic N) is 2. The van der Waals surface area contributed by atoms with Gasteiger partial charge in [0.25, 0.3) is 0 Å². The number of benzene rings is 1. The minimum atomic E-state index is -0.220. The van der Waals surface area contributed by atoms with Gasteiger partial charge in [0.15, 0.2) is 0 Å². The Balaban J connectivity index is 2.44. The molecule has 0 aromatic heterocycles. The molecule has 1 aromatic rings. The van der Waals surface area contributed by atoms with E-state index in [1.165, 1.54) is 0 Å². The van der Waals surface area contributed by atoms with Crippen LogP contribution >= 0.6 is 0 Å². The summed E-state index contributed by atoms with van der Waals surface area (Å²) < 4.78 is 5.16. The molecule has 1 aliphatic heterocycles. The molecular formula is C18H26N2O3. The van der Waals surface area contributed by atoms with Gasteiger partial charge in [0, 0.05) is 34.2 Å². The summed E-state index contributed by atoms with van der Waals surface area (Å²) in [6.45, 7) is 3.00. The minimum absolute atomic E-state index is 0.0770. The van der Waals surface area contributed by atoms with Crippen molar-refractivity contribution in [2.45, 2.75) is 25.8 Å². The Morgan fingerprint density at radius 1 is 1.35 bits per heavy atom. The summed E-state index contributed by atoms with van der Waals surface area (Å²) in [7, 11) is 5.17. The van der Waals surface area contributed by atoms with Crippen LogP contribution < -0.4 is 0 Å². The standard InChI is InChI=1S/C18H26N2O3/c1-13-7-5-6-8-14(13)17-15(18(22)19(2)3)9-10-16(21)20(17)11-12-23-4/h5-8,15,17H,9-12H2,1-4H3/t15-,17+/m1/s1. The normalized spacial score (nSPS) is 21.4. The molecule has 0 spiro atoms. The molecule has 126 valence electrons. The van der Waals surface area contributed by atoms with Crippen molar-refractivity contribution in [2.24, 2.45) is 5.92 Å². The molecule has 5 heteroatoms. The van der Waals surface area contributed by atoms with Gasteiger partial charge in [0.05, 0.1) is 18.6 Å². The topological polar surface area (TPSA) is 49.9 Å². The fourth-order valence-corrected chi connectivity index (χ4v) is 3.30. The number of rotatable bonds is 5. The van der Waals surface area contributed by atoms with E-state index in [-0.39, 0.29) is 23.8 Å². The second-order valence-electron chi connectivity index (χ2n) is 6.26. The van der Waals surface area contributed by atoms with Crippen molar-refractivity contribution in [3.05, 3.63) is 35.4 Å². The van der Waals surface area contributed by atoms with Crippen LogP contribution in [-0.4, -0.2) is 56.0 Å². The third-order valence-electron chi connectivity index (χ3n) is 4.51. The van der Waals surface area contributed by atoms with E-state index in [9.17, 15) is 9.59 Å². The Morgan fingerprint density at radius 3 is 2.65 bits per heavy atom.